The van der Waals surface area contributed by atoms with Crippen LogP contribution >= 0.6 is 23.5 Å². The van der Waals surface area contributed by atoms with Crippen LogP contribution in [-0.2, 0) is 6.54 Å². The van der Waals surface area contributed by atoms with E-state index in [2.05, 4.69) is 30.1 Å². The molecular weight excluding hydrogens is 260 g/mol. The number of hydrogen-bond acceptors (Lipinski definition) is 4. The highest BCUT2D eigenvalue weighted by Gasteiger charge is 2.08. The molecule has 94 valence electrons. The van der Waals surface area contributed by atoms with Crippen molar-refractivity contribution in [2.75, 3.05) is 5.75 Å². The van der Waals surface area contributed by atoms with Gasteiger partial charge in [0.05, 0.1) is 0 Å². The molecule has 2 rings (SSSR count). The molecule has 0 aliphatic rings. The highest BCUT2D eigenvalue weighted by Crippen LogP contribution is 2.34. The van der Waals surface area contributed by atoms with Crippen LogP contribution in [-0.4, -0.2) is 10.7 Å². The molecule has 1 aromatic carbocycles. The van der Waals surface area contributed by atoms with Crippen LogP contribution in [0.1, 0.15) is 12.5 Å². The quantitative estimate of drug-likeness (QED) is 0.843. The summed E-state index contributed by atoms with van der Waals surface area (Å²) in [6.45, 7) is 2.74. The maximum atomic E-state index is 5.90. The molecule has 0 fully saturated rings. The van der Waals surface area contributed by atoms with Crippen molar-refractivity contribution in [2.24, 2.45) is 5.73 Å². The summed E-state index contributed by atoms with van der Waals surface area (Å²) in [5, 5.41) is 0. The van der Waals surface area contributed by atoms with Gasteiger partial charge in [0.15, 0.2) is 0 Å². The summed E-state index contributed by atoms with van der Waals surface area (Å²) in [4.78, 5) is 7.76. The first-order chi connectivity index (χ1) is 8.85. The molecule has 18 heavy (non-hydrogen) atoms. The molecule has 0 radical (unpaired) electrons. The number of nitrogens with zero attached hydrogens (tertiary/aromatic N) is 1. The smallest absolute Gasteiger partial charge is 0.0279 e. The zero-order chi connectivity index (χ0) is 12.8. The first-order valence-corrected chi connectivity index (χ1v) is 7.68. The molecule has 0 spiro atoms. The lowest BCUT2D eigenvalue weighted by Crippen LogP contribution is -2.00. The van der Waals surface area contributed by atoms with Crippen LogP contribution in [0.3, 0.4) is 0 Å². The van der Waals surface area contributed by atoms with Gasteiger partial charge in [0.1, 0.15) is 0 Å². The van der Waals surface area contributed by atoms with Crippen molar-refractivity contribution in [3.8, 4) is 0 Å². The third-order valence-corrected chi connectivity index (χ3v) is 4.56. The molecule has 0 amide bonds. The molecule has 0 saturated carbocycles. The van der Waals surface area contributed by atoms with Gasteiger partial charge in [-0.3, -0.25) is 4.98 Å². The number of rotatable bonds is 5. The average molecular weight is 276 g/mol. The molecule has 1 aromatic heterocycles. The van der Waals surface area contributed by atoms with E-state index in [1.165, 1.54) is 20.2 Å². The Kier molecular flexibility index (Phi) is 5.11. The first-order valence-electron chi connectivity index (χ1n) is 5.87. The second-order valence-electron chi connectivity index (χ2n) is 3.65. The van der Waals surface area contributed by atoms with Crippen LogP contribution in [0.4, 0.5) is 0 Å². The van der Waals surface area contributed by atoms with Crippen molar-refractivity contribution >= 4 is 23.5 Å². The molecule has 4 heteroatoms. The SMILES string of the molecule is CCSc1cccc(Sc2ccncc2)c1CN. The number of hydrogen-bond donors (Lipinski definition) is 1. The largest absolute Gasteiger partial charge is 0.326 e. The molecule has 1 heterocycles. The van der Waals surface area contributed by atoms with E-state index in [1.807, 2.05) is 36.3 Å². The van der Waals surface area contributed by atoms with Gasteiger partial charge in [0, 0.05) is 33.6 Å². The number of pyridine rings is 1. The lowest BCUT2D eigenvalue weighted by molar-refractivity contribution is 0.980. The molecule has 0 unspecified atom stereocenters. The summed E-state index contributed by atoms with van der Waals surface area (Å²) in [5.41, 5.74) is 7.14. The van der Waals surface area contributed by atoms with Crippen molar-refractivity contribution in [1.82, 2.24) is 4.98 Å². The predicted octanol–water partition coefficient (Wildman–Crippen LogP) is 3.80. The normalized spacial score (nSPS) is 10.6. The van der Waals surface area contributed by atoms with Gasteiger partial charge < -0.3 is 5.73 Å². The van der Waals surface area contributed by atoms with E-state index in [0.29, 0.717) is 6.54 Å². The molecule has 0 aliphatic heterocycles. The van der Waals surface area contributed by atoms with Crippen LogP contribution in [0.5, 0.6) is 0 Å². The molecule has 2 nitrogen and oxygen atoms in total. The predicted molar refractivity (Wildman–Crippen MR) is 79.1 cm³/mol. The van der Waals surface area contributed by atoms with E-state index in [1.54, 1.807) is 11.8 Å². The summed E-state index contributed by atoms with van der Waals surface area (Å²) in [5.74, 6) is 1.07. The highest BCUT2D eigenvalue weighted by molar-refractivity contribution is 8.00. The van der Waals surface area contributed by atoms with Crippen molar-refractivity contribution in [3.63, 3.8) is 0 Å². The average Bonchev–Trinajstić information content (AvgIpc) is 2.41. The minimum absolute atomic E-state index is 0.580. The first kappa shape index (κ1) is 13.5. The van der Waals surface area contributed by atoms with Crippen molar-refractivity contribution < 1.29 is 0 Å². The summed E-state index contributed by atoms with van der Waals surface area (Å²) in [6.07, 6.45) is 3.63. The van der Waals surface area contributed by atoms with Gasteiger partial charge in [0.2, 0.25) is 0 Å². The lowest BCUT2D eigenvalue weighted by atomic mass is 10.2. The van der Waals surface area contributed by atoms with E-state index in [0.717, 1.165) is 5.75 Å². The van der Waals surface area contributed by atoms with Crippen molar-refractivity contribution in [2.45, 2.75) is 28.2 Å². The summed E-state index contributed by atoms with van der Waals surface area (Å²) in [6, 6.07) is 10.4. The van der Waals surface area contributed by atoms with E-state index in [-0.39, 0.29) is 0 Å². The Labute approximate surface area is 116 Å². The monoisotopic (exact) mass is 276 g/mol. The van der Waals surface area contributed by atoms with Gasteiger partial charge in [-0.2, -0.15) is 0 Å². The minimum Gasteiger partial charge on any atom is -0.326 e. The Bertz CT molecular complexity index is 500. The summed E-state index contributed by atoms with van der Waals surface area (Å²) < 4.78 is 0. The Morgan fingerprint density at radius 3 is 2.50 bits per heavy atom. The molecule has 0 saturated heterocycles. The molecule has 0 bridgehead atoms. The van der Waals surface area contributed by atoms with Crippen LogP contribution in [0.2, 0.25) is 0 Å². The molecule has 2 aromatic rings. The van der Waals surface area contributed by atoms with Gasteiger partial charge in [-0.25, -0.2) is 0 Å². The van der Waals surface area contributed by atoms with Gasteiger partial charge in [-0.05, 0) is 35.6 Å². The number of thioether (sulfide) groups is 1. The second kappa shape index (κ2) is 6.83. The van der Waals surface area contributed by atoms with Gasteiger partial charge in [0.25, 0.3) is 0 Å². The van der Waals surface area contributed by atoms with Crippen LogP contribution in [0, 0.1) is 0 Å². The minimum atomic E-state index is 0.580. The summed E-state index contributed by atoms with van der Waals surface area (Å²) >= 11 is 3.59. The number of nitrogens with two attached hydrogens (primary N) is 1. The second-order valence-corrected chi connectivity index (χ2v) is 6.08. The third kappa shape index (κ3) is 3.28. The van der Waals surface area contributed by atoms with Crippen molar-refractivity contribution in [3.05, 3.63) is 48.3 Å². The zero-order valence-corrected chi connectivity index (χ0v) is 11.9. The maximum Gasteiger partial charge on any atom is 0.0279 e. The van der Waals surface area contributed by atoms with Crippen LogP contribution in [0.15, 0.2) is 57.4 Å². The lowest BCUT2D eigenvalue weighted by Gasteiger charge is -2.12. The molecular formula is C14H16N2S2. The van der Waals surface area contributed by atoms with Crippen LogP contribution < -0.4 is 5.73 Å². The van der Waals surface area contributed by atoms with Gasteiger partial charge in [-0.1, -0.05) is 24.8 Å². The Morgan fingerprint density at radius 2 is 1.83 bits per heavy atom. The molecule has 0 atom stereocenters. The zero-order valence-electron chi connectivity index (χ0n) is 10.3. The summed E-state index contributed by atoms with van der Waals surface area (Å²) in [7, 11) is 0. The Morgan fingerprint density at radius 1 is 1.11 bits per heavy atom. The fourth-order valence-corrected chi connectivity index (χ4v) is 3.56. The van der Waals surface area contributed by atoms with E-state index >= 15 is 0 Å². The van der Waals surface area contributed by atoms with Gasteiger partial charge >= 0.3 is 0 Å². The Balaban J connectivity index is 2.30. The molecule has 0 aliphatic carbocycles. The van der Waals surface area contributed by atoms with E-state index in [9.17, 15) is 0 Å². The highest BCUT2D eigenvalue weighted by atomic mass is 32.2. The van der Waals surface area contributed by atoms with Crippen molar-refractivity contribution in [1.29, 1.82) is 0 Å². The fraction of sp³-hybridized carbons (Fsp3) is 0.214. The Hall–Kier alpha value is -0.970. The molecule has 2 N–H and O–H groups in total. The van der Waals surface area contributed by atoms with E-state index in [4.69, 9.17) is 5.73 Å². The third-order valence-electron chi connectivity index (χ3n) is 2.47. The standard InChI is InChI=1S/C14H16N2S2/c1-2-17-13-4-3-5-14(12(13)10-15)18-11-6-8-16-9-7-11/h3-9H,2,10,15H2,1H3. The van der Waals surface area contributed by atoms with Crippen LogP contribution in [0.25, 0.3) is 0 Å². The number of benzene rings is 1. The topological polar surface area (TPSA) is 38.9 Å². The van der Waals surface area contributed by atoms with Gasteiger partial charge in [-0.15, -0.1) is 11.8 Å². The fourth-order valence-electron chi connectivity index (χ4n) is 1.67. The maximum absolute atomic E-state index is 5.90. The van der Waals surface area contributed by atoms with E-state index < -0.39 is 0 Å². The number of aromatic nitrogens is 1.